The zero-order valence-corrected chi connectivity index (χ0v) is 10.9. The van der Waals surface area contributed by atoms with Gasteiger partial charge in [0.25, 0.3) is 0 Å². The molecule has 0 saturated carbocycles. The summed E-state index contributed by atoms with van der Waals surface area (Å²) in [5, 5.41) is 3.33. The van der Waals surface area contributed by atoms with E-state index in [1.807, 2.05) is 26.4 Å². The predicted molar refractivity (Wildman–Crippen MR) is 67.2 cm³/mol. The third-order valence-electron chi connectivity index (χ3n) is 2.63. The number of nitrogens with zero attached hydrogens (tertiary/aromatic N) is 2. The lowest BCUT2D eigenvalue weighted by atomic mass is 10.0. The minimum Gasteiger partial charge on any atom is -0.370 e. The summed E-state index contributed by atoms with van der Waals surface area (Å²) in [7, 11) is 0. The SMILES string of the molecule is CCCn1cncc1CNC(C)(C)CC(N)=O. The molecule has 0 aromatic carbocycles. The fourth-order valence-electron chi connectivity index (χ4n) is 1.77. The Hall–Kier alpha value is -1.36. The van der Waals surface area contributed by atoms with Gasteiger partial charge in [-0.15, -0.1) is 0 Å². The molecule has 3 N–H and O–H groups in total. The molecule has 96 valence electrons. The van der Waals surface area contributed by atoms with Crippen molar-refractivity contribution in [2.45, 2.75) is 52.2 Å². The molecule has 0 saturated heterocycles. The number of hydrogen-bond acceptors (Lipinski definition) is 3. The van der Waals surface area contributed by atoms with Crippen molar-refractivity contribution in [2.75, 3.05) is 0 Å². The van der Waals surface area contributed by atoms with Crippen LogP contribution in [0.15, 0.2) is 12.5 Å². The summed E-state index contributed by atoms with van der Waals surface area (Å²) in [6.07, 6.45) is 5.09. The predicted octanol–water partition coefficient (Wildman–Crippen LogP) is 1.04. The van der Waals surface area contributed by atoms with E-state index in [9.17, 15) is 4.79 Å². The molecule has 1 heterocycles. The Kier molecular flexibility index (Phi) is 4.69. The van der Waals surface area contributed by atoms with Gasteiger partial charge in [-0.3, -0.25) is 4.79 Å². The standard InChI is InChI=1S/C12H22N4O/c1-4-5-16-9-14-7-10(16)8-15-12(2,3)6-11(13)17/h7,9,15H,4-6,8H2,1-3H3,(H2,13,17). The summed E-state index contributed by atoms with van der Waals surface area (Å²) < 4.78 is 2.12. The first-order valence-corrected chi connectivity index (χ1v) is 5.97. The minimum absolute atomic E-state index is 0.285. The first-order chi connectivity index (χ1) is 7.94. The molecule has 0 fully saturated rings. The average Bonchev–Trinajstić information content (AvgIpc) is 2.61. The van der Waals surface area contributed by atoms with Gasteiger partial charge >= 0.3 is 0 Å². The van der Waals surface area contributed by atoms with Gasteiger partial charge in [0.05, 0.1) is 12.0 Å². The lowest BCUT2D eigenvalue weighted by molar-refractivity contribution is -0.119. The van der Waals surface area contributed by atoms with Crippen molar-refractivity contribution in [3.8, 4) is 0 Å². The second kappa shape index (κ2) is 5.82. The van der Waals surface area contributed by atoms with Gasteiger partial charge in [0.2, 0.25) is 5.91 Å². The summed E-state index contributed by atoms with van der Waals surface area (Å²) in [5.41, 5.74) is 6.05. The molecule has 1 amide bonds. The van der Waals surface area contributed by atoms with Crippen molar-refractivity contribution < 1.29 is 4.79 Å². The molecule has 0 radical (unpaired) electrons. The Morgan fingerprint density at radius 1 is 1.59 bits per heavy atom. The Labute approximate surface area is 102 Å². The molecule has 17 heavy (non-hydrogen) atoms. The van der Waals surface area contributed by atoms with Crippen molar-refractivity contribution in [1.82, 2.24) is 14.9 Å². The van der Waals surface area contributed by atoms with E-state index in [1.165, 1.54) is 0 Å². The van der Waals surface area contributed by atoms with Crippen molar-refractivity contribution in [2.24, 2.45) is 5.73 Å². The van der Waals surface area contributed by atoms with E-state index in [0.29, 0.717) is 13.0 Å². The molecule has 0 spiro atoms. The topological polar surface area (TPSA) is 72.9 Å². The van der Waals surface area contributed by atoms with Crippen molar-refractivity contribution in [3.63, 3.8) is 0 Å². The Balaban J connectivity index is 2.54. The van der Waals surface area contributed by atoms with E-state index in [2.05, 4.69) is 21.8 Å². The molecular formula is C12H22N4O. The maximum absolute atomic E-state index is 10.9. The monoisotopic (exact) mass is 238 g/mol. The van der Waals surface area contributed by atoms with Gasteiger partial charge in [-0.05, 0) is 20.3 Å². The van der Waals surface area contributed by atoms with Gasteiger partial charge in [-0.1, -0.05) is 6.92 Å². The summed E-state index contributed by atoms with van der Waals surface area (Å²) in [4.78, 5) is 15.0. The molecule has 5 nitrogen and oxygen atoms in total. The fraction of sp³-hybridized carbons (Fsp3) is 0.667. The van der Waals surface area contributed by atoms with E-state index >= 15 is 0 Å². The number of amides is 1. The molecule has 1 rings (SSSR count). The number of aromatic nitrogens is 2. The van der Waals surface area contributed by atoms with Crippen LogP contribution in [0.4, 0.5) is 0 Å². The van der Waals surface area contributed by atoms with Crippen LogP contribution in [0.3, 0.4) is 0 Å². The second-order valence-electron chi connectivity index (χ2n) is 4.96. The molecule has 0 atom stereocenters. The molecular weight excluding hydrogens is 216 g/mol. The van der Waals surface area contributed by atoms with Crippen LogP contribution in [0, 0.1) is 0 Å². The summed E-state index contributed by atoms with van der Waals surface area (Å²) in [6.45, 7) is 7.73. The fourth-order valence-corrected chi connectivity index (χ4v) is 1.77. The van der Waals surface area contributed by atoms with E-state index in [1.54, 1.807) is 0 Å². The lowest BCUT2D eigenvalue weighted by Gasteiger charge is -2.25. The van der Waals surface area contributed by atoms with Gasteiger partial charge in [-0.2, -0.15) is 0 Å². The number of nitrogens with two attached hydrogens (primary N) is 1. The second-order valence-corrected chi connectivity index (χ2v) is 4.96. The van der Waals surface area contributed by atoms with Crippen molar-refractivity contribution in [3.05, 3.63) is 18.2 Å². The molecule has 0 aliphatic heterocycles. The number of rotatable bonds is 7. The van der Waals surface area contributed by atoms with Crippen molar-refractivity contribution in [1.29, 1.82) is 0 Å². The number of nitrogens with one attached hydrogen (secondary N) is 1. The number of hydrogen-bond donors (Lipinski definition) is 2. The number of aryl methyl sites for hydroxylation is 1. The average molecular weight is 238 g/mol. The van der Waals surface area contributed by atoms with Crippen LogP contribution in [0.25, 0.3) is 0 Å². The summed E-state index contributed by atoms with van der Waals surface area (Å²) in [6, 6.07) is 0. The van der Waals surface area contributed by atoms with Gasteiger partial charge in [0, 0.05) is 31.2 Å². The maximum Gasteiger partial charge on any atom is 0.219 e. The molecule has 0 aliphatic rings. The molecule has 0 aliphatic carbocycles. The molecule has 0 bridgehead atoms. The highest BCUT2D eigenvalue weighted by Crippen LogP contribution is 2.09. The van der Waals surface area contributed by atoms with Gasteiger partial charge in [0.15, 0.2) is 0 Å². The first kappa shape index (κ1) is 13.7. The van der Waals surface area contributed by atoms with Gasteiger partial charge < -0.3 is 15.6 Å². The van der Waals surface area contributed by atoms with E-state index in [0.717, 1.165) is 18.7 Å². The largest absolute Gasteiger partial charge is 0.370 e. The number of imidazole rings is 1. The van der Waals surface area contributed by atoms with Crippen LogP contribution in [-0.2, 0) is 17.9 Å². The normalized spacial score (nSPS) is 11.7. The van der Waals surface area contributed by atoms with E-state index in [-0.39, 0.29) is 11.4 Å². The number of carbonyl (C=O) groups is 1. The van der Waals surface area contributed by atoms with Gasteiger partial charge in [0.1, 0.15) is 0 Å². The van der Waals surface area contributed by atoms with Crippen molar-refractivity contribution >= 4 is 5.91 Å². The highest BCUT2D eigenvalue weighted by Gasteiger charge is 2.20. The quantitative estimate of drug-likeness (QED) is 0.745. The zero-order chi connectivity index (χ0) is 12.9. The Bertz CT molecular complexity index is 370. The lowest BCUT2D eigenvalue weighted by Crippen LogP contribution is -2.42. The highest BCUT2D eigenvalue weighted by molar-refractivity contribution is 5.74. The maximum atomic E-state index is 10.9. The molecule has 1 aromatic heterocycles. The minimum atomic E-state index is -0.287. The summed E-state index contributed by atoms with van der Waals surface area (Å²) in [5.74, 6) is -0.287. The Morgan fingerprint density at radius 2 is 2.29 bits per heavy atom. The van der Waals surface area contributed by atoms with E-state index in [4.69, 9.17) is 5.73 Å². The molecule has 0 unspecified atom stereocenters. The van der Waals surface area contributed by atoms with E-state index < -0.39 is 0 Å². The number of carbonyl (C=O) groups excluding carboxylic acids is 1. The van der Waals surface area contributed by atoms with Crippen LogP contribution in [0.1, 0.15) is 39.3 Å². The smallest absolute Gasteiger partial charge is 0.219 e. The highest BCUT2D eigenvalue weighted by atomic mass is 16.1. The summed E-state index contributed by atoms with van der Waals surface area (Å²) >= 11 is 0. The van der Waals surface area contributed by atoms with Crippen LogP contribution >= 0.6 is 0 Å². The van der Waals surface area contributed by atoms with Crippen LogP contribution in [-0.4, -0.2) is 21.0 Å². The number of primary amides is 1. The first-order valence-electron chi connectivity index (χ1n) is 5.97. The molecule has 1 aromatic rings. The third-order valence-corrected chi connectivity index (χ3v) is 2.63. The van der Waals surface area contributed by atoms with Gasteiger partial charge in [-0.25, -0.2) is 4.98 Å². The van der Waals surface area contributed by atoms with Crippen LogP contribution < -0.4 is 11.1 Å². The molecule has 5 heteroatoms. The third kappa shape index (κ3) is 4.56. The van der Waals surface area contributed by atoms with Crippen LogP contribution in [0.5, 0.6) is 0 Å². The zero-order valence-electron chi connectivity index (χ0n) is 10.9. The Morgan fingerprint density at radius 3 is 2.88 bits per heavy atom. The van der Waals surface area contributed by atoms with Crippen LogP contribution in [0.2, 0.25) is 0 Å².